The van der Waals surface area contributed by atoms with E-state index in [1.54, 1.807) is 31.2 Å². The van der Waals surface area contributed by atoms with Gasteiger partial charge in [-0.05, 0) is 24.6 Å². The highest BCUT2D eigenvalue weighted by Crippen LogP contribution is 2.17. The van der Waals surface area contributed by atoms with Gasteiger partial charge in [-0.25, -0.2) is 13.1 Å². The number of hydrogen-bond donors (Lipinski definition) is 2. The molecule has 1 aromatic carbocycles. The first kappa shape index (κ1) is 14.5. The molecule has 0 heterocycles. The molecule has 2 N–H and O–H groups in total. The average molecular weight is 273 g/mol. The van der Waals surface area contributed by atoms with E-state index in [2.05, 4.69) is 4.72 Å². The van der Waals surface area contributed by atoms with Crippen molar-refractivity contribution in [3.63, 3.8) is 0 Å². The number of sulfonamides is 1. The fraction of sp³-hybridized carbons (Fsp3) is 0.364. The fourth-order valence-electron chi connectivity index (χ4n) is 1.43. The van der Waals surface area contributed by atoms with Gasteiger partial charge in [0.15, 0.2) is 5.75 Å². The van der Waals surface area contributed by atoms with Gasteiger partial charge >= 0.3 is 5.97 Å². The van der Waals surface area contributed by atoms with Crippen LogP contribution in [0.25, 0.3) is 0 Å². The second-order valence-corrected chi connectivity index (χ2v) is 5.52. The number of benzene rings is 1. The molecule has 0 saturated heterocycles. The van der Waals surface area contributed by atoms with Crippen LogP contribution in [0.3, 0.4) is 0 Å². The topological polar surface area (TPSA) is 92.7 Å². The number of methoxy groups -OCH3 is 1. The predicted molar refractivity (Wildman–Crippen MR) is 66.0 cm³/mol. The van der Waals surface area contributed by atoms with E-state index in [4.69, 9.17) is 9.84 Å². The molecule has 1 rings (SSSR count). The van der Waals surface area contributed by atoms with Gasteiger partial charge in [0, 0.05) is 6.04 Å². The molecule has 100 valence electrons. The Labute approximate surface area is 106 Å². The predicted octanol–water partition coefficient (Wildman–Crippen LogP) is 0.760. The number of ether oxygens (including phenoxy) is 1. The summed E-state index contributed by atoms with van der Waals surface area (Å²) in [4.78, 5) is 10.4. The van der Waals surface area contributed by atoms with Crippen LogP contribution in [0.1, 0.15) is 18.5 Å². The fourth-order valence-corrected chi connectivity index (χ4v) is 2.52. The molecule has 0 aliphatic carbocycles. The number of carbonyl (C=O) groups is 1. The number of aliphatic carboxylic acids is 1. The maximum atomic E-state index is 11.4. The summed E-state index contributed by atoms with van der Waals surface area (Å²) in [6.07, 6.45) is 0. The second kappa shape index (κ2) is 5.83. The Hall–Kier alpha value is -1.60. The van der Waals surface area contributed by atoms with E-state index in [1.165, 1.54) is 7.11 Å². The van der Waals surface area contributed by atoms with Crippen LogP contribution in [-0.2, 0) is 14.8 Å². The molecule has 0 saturated carbocycles. The van der Waals surface area contributed by atoms with Crippen LogP contribution in [0.2, 0.25) is 0 Å². The minimum atomic E-state index is -3.82. The molecule has 0 aliphatic heterocycles. The smallest absolute Gasteiger partial charge is 0.320 e. The van der Waals surface area contributed by atoms with Crippen LogP contribution in [-0.4, -0.2) is 32.4 Å². The van der Waals surface area contributed by atoms with Gasteiger partial charge in [0.25, 0.3) is 0 Å². The molecule has 0 amide bonds. The molecule has 0 bridgehead atoms. The Morgan fingerprint density at radius 1 is 1.39 bits per heavy atom. The van der Waals surface area contributed by atoms with Crippen LogP contribution < -0.4 is 9.46 Å². The van der Waals surface area contributed by atoms with E-state index >= 15 is 0 Å². The van der Waals surface area contributed by atoms with E-state index in [-0.39, 0.29) is 0 Å². The zero-order chi connectivity index (χ0) is 13.8. The summed E-state index contributed by atoms with van der Waals surface area (Å²) in [7, 11) is -2.29. The first-order chi connectivity index (χ1) is 8.34. The normalized spacial score (nSPS) is 13.0. The number of rotatable bonds is 6. The van der Waals surface area contributed by atoms with Crippen LogP contribution >= 0.6 is 0 Å². The van der Waals surface area contributed by atoms with Gasteiger partial charge in [-0.15, -0.1) is 0 Å². The van der Waals surface area contributed by atoms with Crippen molar-refractivity contribution in [3.8, 4) is 5.75 Å². The SMILES string of the molecule is COc1ccc(C(C)NS(=O)(=O)CC(=O)O)cc1. The summed E-state index contributed by atoms with van der Waals surface area (Å²) in [5.74, 6) is -1.66. The summed E-state index contributed by atoms with van der Waals surface area (Å²) in [6, 6.07) is 6.34. The Morgan fingerprint density at radius 2 is 1.94 bits per heavy atom. The molecular weight excluding hydrogens is 258 g/mol. The lowest BCUT2D eigenvalue weighted by atomic mass is 10.1. The van der Waals surface area contributed by atoms with Crippen LogP contribution in [0.5, 0.6) is 5.75 Å². The maximum absolute atomic E-state index is 11.4. The van der Waals surface area contributed by atoms with E-state index in [0.717, 1.165) is 5.56 Å². The van der Waals surface area contributed by atoms with Gasteiger partial charge in [0.2, 0.25) is 10.0 Å². The van der Waals surface area contributed by atoms with Crippen molar-refractivity contribution in [1.82, 2.24) is 4.72 Å². The molecule has 1 atom stereocenters. The largest absolute Gasteiger partial charge is 0.497 e. The van der Waals surface area contributed by atoms with E-state index in [1.807, 2.05) is 0 Å². The lowest BCUT2D eigenvalue weighted by molar-refractivity contribution is -0.134. The third-order valence-corrected chi connectivity index (χ3v) is 3.63. The van der Waals surface area contributed by atoms with Crippen LogP contribution in [0, 0.1) is 0 Å². The van der Waals surface area contributed by atoms with Gasteiger partial charge in [-0.3, -0.25) is 4.79 Å². The molecule has 0 radical (unpaired) electrons. The van der Waals surface area contributed by atoms with Gasteiger partial charge < -0.3 is 9.84 Å². The highest BCUT2D eigenvalue weighted by molar-refractivity contribution is 7.90. The highest BCUT2D eigenvalue weighted by Gasteiger charge is 2.19. The standard InChI is InChI=1S/C11H15NO5S/c1-8(12-18(15,16)7-11(13)14)9-3-5-10(17-2)6-4-9/h3-6,8,12H,7H2,1-2H3,(H,13,14). The molecule has 1 unspecified atom stereocenters. The lowest BCUT2D eigenvalue weighted by Gasteiger charge is -2.14. The summed E-state index contributed by atoms with van der Waals surface area (Å²) >= 11 is 0. The molecule has 0 aromatic heterocycles. The van der Waals surface area contributed by atoms with E-state index < -0.39 is 27.8 Å². The van der Waals surface area contributed by atoms with Crippen molar-refractivity contribution in [2.75, 3.05) is 12.9 Å². The summed E-state index contributed by atoms with van der Waals surface area (Å²) in [5.41, 5.74) is 0.727. The molecule has 0 fully saturated rings. The Kier molecular flexibility index (Phi) is 4.69. The summed E-state index contributed by atoms with van der Waals surface area (Å²) in [6.45, 7) is 1.64. The third kappa shape index (κ3) is 4.34. The molecule has 18 heavy (non-hydrogen) atoms. The van der Waals surface area contributed by atoms with Gasteiger partial charge in [0.1, 0.15) is 5.75 Å². The average Bonchev–Trinajstić information content (AvgIpc) is 2.26. The van der Waals surface area contributed by atoms with E-state index in [0.29, 0.717) is 5.75 Å². The van der Waals surface area contributed by atoms with Crippen molar-refractivity contribution in [3.05, 3.63) is 29.8 Å². The molecule has 7 heteroatoms. The Morgan fingerprint density at radius 3 is 2.39 bits per heavy atom. The number of carboxylic acids is 1. The number of hydrogen-bond acceptors (Lipinski definition) is 4. The lowest BCUT2D eigenvalue weighted by Crippen LogP contribution is -2.32. The zero-order valence-electron chi connectivity index (χ0n) is 10.1. The van der Waals surface area contributed by atoms with Gasteiger partial charge in [0.05, 0.1) is 7.11 Å². The van der Waals surface area contributed by atoms with E-state index in [9.17, 15) is 13.2 Å². The monoisotopic (exact) mass is 273 g/mol. The number of nitrogens with one attached hydrogen (secondary N) is 1. The van der Waals surface area contributed by atoms with Crippen molar-refractivity contribution in [2.24, 2.45) is 0 Å². The molecule has 1 aromatic rings. The molecule has 6 nitrogen and oxygen atoms in total. The zero-order valence-corrected chi connectivity index (χ0v) is 10.9. The molecule has 0 aliphatic rings. The minimum absolute atomic E-state index is 0.500. The third-order valence-electron chi connectivity index (χ3n) is 2.29. The molecule has 0 spiro atoms. The Balaban J connectivity index is 2.75. The van der Waals surface area contributed by atoms with Crippen molar-refractivity contribution >= 4 is 16.0 Å². The second-order valence-electron chi connectivity index (χ2n) is 3.77. The maximum Gasteiger partial charge on any atom is 0.320 e. The van der Waals surface area contributed by atoms with Crippen molar-refractivity contribution in [1.29, 1.82) is 0 Å². The van der Waals surface area contributed by atoms with Crippen LogP contribution in [0.4, 0.5) is 0 Å². The first-order valence-electron chi connectivity index (χ1n) is 5.20. The summed E-state index contributed by atoms with van der Waals surface area (Å²) < 4.78 is 30.1. The first-order valence-corrected chi connectivity index (χ1v) is 6.85. The van der Waals surface area contributed by atoms with Crippen molar-refractivity contribution < 1.29 is 23.1 Å². The number of carboxylic acid groups (broad SMARTS) is 1. The summed E-state index contributed by atoms with van der Waals surface area (Å²) in [5, 5.41) is 8.47. The quantitative estimate of drug-likeness (QED) is 0.798. The highest BCUT2D eigenvalue weighted by atomic mass is 32.2. The minimum Gasteiger partial charge on any atom is -0.497 e. The molecular formula is C11H15NO5S. The van der Waals surface area contributed by atoms with Crippen molar-refractivity contribution in [2.45, 2.75) is 13.0 Å². The van der Waals surface area contributed by atoms with Gasteiger partial charge in [-0.1, -0.05) is 12.1 Å². The van der Waals surface area contributed by atoms with Gasteiger partial charge in [-0.2, -0.15) is 0 Å². The Bertz CT molecular complexity index is 509. The van der Waals surface area contributed by atoms with Crippen LogP contribution in [0.15, 0.2) is 24.3 Å².